The fourth-order valence-corrected chi connectivity index (χ4v) is 3.99. The summed E-state index contributed by atoms with van der Waals surface area (Å²) in [6.07, 6.45) is 4.23. The predicted octanol–water partition coefficient (Wildman–Crippen LogP) is 2.64. The monoisotopic (exact) mass is 318 g/mol. The van der Waals surface area contributed by atoms with Crippen molar-refractivity contribution in [2.75, 3.05) is 26.2 Å². The maximum absolute atomic E-state index is 12.8. The largest absolute Gasteiger partial charge is 0.459 e. The lowest BCUT2D eigenvalue weighted by Gasteiger charge is -2.39. The number of hydrogen-bond acceptors (Lipinski definition) is 3. The molecule has 1 aromatic heterocycles. The van der Waals surface area contributed by atoms with Gasteiger partial charge >= 0.3 is 0 Å². The van der Waals surface area contributed by atoms with E-state index in [2.05, 4.69) is 13.8 Å². The molecular formula is C18H26N2O3. The third kappa shape index (κ3) is 3.59. The topological polar surface area (TPSA) is 53.8 Å². The highest BCUT2D eigenvalue weighted by molar-refractivity contribution is 5.91. The van der Waals surface area contributed by atoms with Crippen LogP contribution in [0.5, 0.6) is 0 Å². The van der Waals surface area contributed by atoms with Gasteiger partial charge in [-0.3, -0.25) is 9.59 Å². The molecule has 0 spiro atoms. The Balaban J connectivity index is 1.54. The van der Waals surface area contributed by atoms with Crippen LogP contribution in [0.1, 0.15) is 43.7 Å². The number of piperidine rings is 2. The third-order valence-corrected chi connectivity index (χ3v) is 5.04. The van der Waals surface area contributed by atoms with Gasteiger partial charge in [-0.25, -0.2) is 0 Å². The Morgan fingerprint density at radius 3 is 2.30 bits per heavy atom. The van der Waals surface area contributed by atoms with Gasteiger partial charge in [0.1, 0.15) is 0 Å². The molecule has 3 rings (SSSR count). The highest BCUT2D eigenvalue weighted by Crippen LogP contribution is 2.26. The summed E-state index contributed by atoms with van der Waals surface area (Å²) in [5.41, 5.74) is 0. The Morgan fingerprint density at radius 1 is 1.09 bits per heavy atom. The van der Waals surface area contributed by atoms with E-state index in [1.54, 1.807) is 17.0 Å². The van der Waals surface area contributed by atoms with E-state index in [0.717, 1.165) is 25.9 Å². The maximum Gasteiger partial charge on any atom is 0.289 e. The standard InChI is InChI=1S/C18H26N2O3/c1-13-10-14(2)12-20(11-13)17(21)15-5-7-19(8-6-15)18(22)16-4-3-9-23-16/h3-4,9,13-15H,5-8,10-12H2,1-2H3. The number of nitrogens with zero attached hydrogens (tertiary/aromatic N) is 2. The average Bonchev–Trinajstić information content (AvgIpc) is 3.07. The van der Waals surface area contributed by atoms with E-state index >= 15 is 0 Å². The molecule has 0 bridgehead atoms. The second-order valence-electron chi connectivity index (χ2n) is 7.23. The zero-order valence-electron chi connectivity index (χ0n) is 14.0. The molecule has 2 fully saturated rings. The number of rotatable bonds is 2. The van der Waals surface area contributed by atoms with Gasteiger partial charge in [0.25, 0.3) is 5.91 Å². The molecule has 0 N–H and O–H groups in total. The Kier molecular flexibility index (Phi) is 4.74. The third-order valence-electron chi connectivity index (χ3n) is 5.04. The van der Waals surface area contributed by atoms with Crippen LogP contribution in [0.4, 0.5) is 0 Å². The molecule has 23 heavy (non-hydrogen) atoms. The van der Waals surface area contributed by atoms with E-state index in [1.165, 1.54) is 12.7 Å². The van der Waals surface area contributed by atoms with Crippen LogP contribution < -0.4 is 0 Å². The molecule has 2 aliphatic heterocycles. The normalized spacial score (nSPS) is 26.3. The van der Waals surface area contributed by atoms with Crippen LogP contribution in [0.25, 0.3) is 0 Å². The van der Waals surface area contributed by atoms with Crippen LogP contribution in [0.2, 0.25) is 0 Å². The Hall–Kier alpha value is -1.78. The van der Waals surface area contributed by atoms with Gasteiger partial charge in [0.15, 0.2) is 5.76 Å². The minimum absolute atomic E-state index is 0.0631. The molecule has 5 nitrogen and oxygen atoms in total. The first-order valence-electron chi connectivity index (χ1n) is 8.66. The first kappa shape index (κ1) is 16.1. The molecule has 2 aliphatic rings. The minimum atomic E-state index is -0.0684. The summed E-state index contributed by atoms with van der Waals surface area (Å²) in [6.45, 7) is 7.48. The van der Waals surface area contributed by atoms with Crippen molar-refractivity contribution in [3.8, 4) is 0 Å². The van der Waals surface area contributed by atoms with Crippen LogP contribution in [0.3, 0.4) is 0 Å². The van der Waals surface area contributed by atoms with Crippen LogP contribution in [-0.2, 0) is 4.79 Å². The second-order valence-corrected chi connectivity index (χ2v) is 7.23. The van der Waals surface area contributed by atoms with Crippen molar-refractivity contribution in [1.29, 1.82) is 0 Å². The highest BCUT2D eigenvalue weighted by atomic mass is 16.3. The quantitative estimate of drug-likeness (QED) is 0.842. The van der Waals surface area contributed by atoms with Gasteiger partial charge in [-0.2, -0.15) is 0 Å². The van der Waals surface area contributed by atoms with E-state index in [1.807, 2.05) is 4.90 Å². The Bertz CT molecular complexity index is 537. The van der Waals surface area contributed by atoms with E-state index in [-0.39, 0.29) is 17.7 Å². The lowest BCUT2D eigenvalue weighted by molar-refractivity contribution is -0.139. The molecule has 2 saturated heterocycles. The fourth-order valence-electron chi connectivity index (χ4n) is 3.99. The second kappa shape index (κ2) is 6.77. The number of furan rings is 1. The van der Waals surface area contributed by atoms with Crippen molar-refractivity contribution in [3.05, 3.63) is 24.2 Å². The van der Waals surface area contributed by atoms with E-state index < -0.39 is 0 Å². The van der Waals surface area contributed by atoms with Gasteiger partial charge < -0.3 is 14.2 Å². The minimum Gasteiger partial charge on any atom is -0.459 e. The van der Waals surface area contributed by atoms with Crippen molar-refractivity contribution < 1.29 is 14.0 Å². The molecule has 0 radical (unpaired) electrons. The van der Waals surface area contributed by atoms with E-state index in [0.29, 0.717) is 30.7 Å². The lowest BCUT2D eigenvalue weighted by Crippen LogP contribution is -2.48. The number of carbonyl (C=O) groups excluding carboxylic acids is 2. The van der Waals surface area contributed by atoms with Crippen molar-refractivity contribution >= 4 is 11.8 Å². The van der Waals surface area contributed by atoms with Crippen LogP contribution in [0, 0.1) is 17.8 Å². The summed E-state index contributed by atoms with van der Waals surface area (Å²) in [4.78, 5) is 28.9. The summed E-state index contributed by atoms with van der Waals surface area (Å²) in [5.74, 6) is 1.84. The zero-order valence-corrected chi connectivity index (χ0v) is 14.0. The van der Waals surface area contributed by atoms with E-state index in [4.69, 9.17) is 4.42 Å². The molecule has 5 heteroatoms. The number of hydrogen-bond donors (Lipinski definition) is 0. The first-order valence-corrected chi connectivity index (χ1v) is 8.66. The molecule has 0 saturated carbocycles. The van der Waals surface area contributed by atoms with Crippen molar-refractivity contribution in [2.45, 2.75) is 33.1 Å². The molecule has 126 valence electrons. The number of likely N-dealkylation sites (tertiary alicyclic amines) is 2. The van der Waals surface area contributed by atoms with Gasteiger partial charge in [0, 0.05) is 32.1 Å². The van der Waals surface area contributed by atoms with Crippen LogP contribution >= 0.6 is 0 Å². The molecule has 3 heterocycles. The van der Waals surface area contributed by atoms with Gasteiger partial charge in [0.05, 0.1) is 6.26 Å². The SMILES string of the molecule is CC1CC(C)CN(C(=O)C2CCN(C(=O)c3ccco3)CC2)C1. The highest BCUT2D eigenvalue weighted by Gasteiger charge is 2.33. The predicted molar refractivity (Wildman–Crippen MR) is 86.9 cm³/mol. The molecule has 1 aromatic rings. The molecule has 2 unspecified atom stereocenters. The van der Waals surface area contributed by atoms with Gasteiger partial charge in [-0.15, -0.1) is 0 Å². The summed E-state index contributed by atoms with van der Waals surface area (Å²) < 4.78 is 5.18. The van der Waals surface area contributed by atoms with E-state index in [9.17, 15) is 9.59 Å². The molecule has 0 aliphatic carbocycles. The smallest absolute Gasteiger partial charge is 0.289 e. The summed E-state index contributed by atoms with van der Waals surface area (Å²) in [6, 6.07) is 3.41. The van der Waals surface area contributed by atoms with Crippen molar-refractivity contribution in [2.24, 2.45) is 17.8 Å². The summed E-state index contributed by atoms with van der Waals surface area (Å²) in [5, 5.41) is 0. The molecule has 2 amide bonds. The maximum atomic E-state index is 12.8. The van der Waals surface area contributed by atoms with Gasteiger partial charge in [-0.05, 0) is 43.2 Å². The molecular weight excluding hydrogens is 292 g/mol. The lowest BCUT2D eigenvalue weighted by atomic mass is 9.89. The molecule has 0 aromatic carbocycles. The number of amides is 2. The summed E-state index contributed by atoms with van der Waals surface area (Å²) in [7, 11) is 0. The first-order chi connectivity index (χ1) is 11.0. The van der Waals surface area contributed by atoms with Gasteiger partial charge in [0.2, 0.25) is 5.91 Å². The van der Waals surface area contributed by atoms with Crippen molar-refractivity contribution in [1.82, 2.24) is 9.80 Å². The fraction of sp³-hybridized carbons (Fsp3) is 0.667. The zero-order chi connectivity index (χ0) is 16.4. The number of carbonyl (C=O) groups is 2. The van der Waals surface area contributed by atoms with Crippen LogP contribution in [-0.4, -0.2) is 47.8 Å². The summed E-state index contributed by atoms with van der Waals surface area (Å²) >= 11 is 0. The van der Waals surface area contributed by atoms with Crippen molar-refractivity contribution in [3.63, 3.8) is 0 Å². The van der Waals surface area contributed by atoms with Gasteiger partial charge in [-0.1, -0.05) is 13.8 Å². The van der Waals surface area contributed by atoms with Crippen LogP contribution in [0.15, 0.2) is 22.8 Å². The Labute approximate surface area is 137 Å². The molecule has 2 atom stereocenters. The average molecular weight is 318 g/mol. The Morgan fingerprint density at radius 2 is 1.74 bits per heavy atom.